The Morgan fingerprint density at radius 3 is 0.835 bits per heavy atom. The van der Waals surface area contributed by atoms with Crippen molar-refractivity contribution in [3.05, 3.63) is 0 Å². The van der Waals surface area contributed by atoms with E-state index in [-0.39, 0.29) is 21.8 Å². The van der Waals surface area contributed by atoms with Crippen LogP contribution in [0.4, 0.5) is 0 Å². The van der Waals surface area contributed by atoms with Gasteiger partial charge in [-0.2, -0.15) is 0 Å². The van der Waals surface area contributed by atoms with E-state index >= 15 is 0 Å². The Morgan fingerprint density at radius 2 is 0.495 bits per heavy atom. The van der Waals surface area contributed by atoms with Gasteiger partial charge in [-0.1, -0.05) is 192 Å². The van der Waals surface area contributed by atoms with Crippen molar-refractivity contribution < 1.29 is 50.5 Å². The van der Waals surface area contributed by atoms with Crippen LogP contribution in [0.1, 0.15) is 315 Å². The Morgan fingerprint density at radius 1 is 0.233 bits per heavy atom. The van der Waals surface area contributed by atoms with E-state index in [0.29, 0.717) is 109 Å². The van der Waals surface area contributed by atoms with Crippen LogP contribution in [0.2, 0.25) is 0 Å². The van der Waals surface area contributed by atoms with Crippen LogP contribution >= 0.6 is 0 Å². The SMILES string of the molecule is CC(C)(C)C1CCCCCC1.CC(C)(C)C1CCCS(=O)(=O)C1.CC(C)(C)C1CCCS(=O)C1.CC(C)(C)C1CCCS(=O)CC1.CC(C)(C)C1CCS(=O)(=O)C1.CC(C)(C)C1CCS(=O)(=O)CC1.CC(C)(C)C1CCS(=O)C1.CC(C)(C)C1CCS(=O)CC1.CC(C)(C)N1CCCS(=O)(=O)CC1. The third-order valence-corrected chi connectivity index (χ3v) is 36.6. The summed E-state index contributed by atoms with van der Waals surface area (Å²) in [4.78, 5) is 2.25. The molecule has 8 saturated heterocycles. The normalized spacial score (nSPS) is 29.9. The average Bonchev–Trinajstić information content (AvgIpc) is 1.84. The van der Waals surface area contributed by atoms with Gasteiger partial charge in [0.1, 0.15) is 9.84 Å². The highest BCUT2D eigenvalue weighted by Crippen LogP contribution is 2.41. The fourth-order valence-electron chi connectivity index (χ4n) is 15.1. The first-order chi connectivity index (χ1) is 46.4. The van der Waals surface area contributed by atoms with Gasteiger partial charge in [0.05, 0.1) is 46.0 Å². The van der Waals surface area contributed by atoms with Crippen LogP contribution in [0, 0.1) is 90.7 Å². The van der Waals surface area contributed by atoms with Gasteiger partial charge in [0.25, 0.3) is 0 Å². The zero-order valence-corrected chi connectivity index (χ0v) is 78.1. The second-order valence-electron chi connectivity index (χ2n) is 41.8. The monoisotopic (exact) mass is 1610 g/mol. The standard InChI is InChI=1S/C11H22.C10H20OS.C9H19NO2S.2C9H18O2S.2C9H18OS.C8H16O2S.C8H16OS/c1-11(2,3)10-8-6-4-5-7-9-10;1-10(2,3)9-5-4-7-12(11)8-6-9;1-9(2,3)10-5-4-7-13(11,12)8-6-10;1-9(2,3)8-4-6-12(10,11)7-5-8;1-9(2,3)8-5-4-6-12(10,11)7-8;1-9(2,3)8-4-6-11(10)7-5-8;1-9(2,3)8-5-4-6-11(10)7-8;1-8(2,3)7-4-5-11(9,10)6-7;1-8(2,3)7-4-5-10(9)6-7/h10H,4-9H2,1-3H3;9H,4-8H2,1-3H3;4-8H2,1-3H3;2*8H,4-7H2,1-3H3;2*8H,4-7H2,1-3H3;7H,4-6H2,1-3H3;7H,4-6H2,1-3H3. The number of nitrogens with zero attached hydrogens (tertiary/aromatic N) is 1. The summed E-state index contributed by atoms with van der Waals surface area (Å²) in [6, 6.07) is 0. The van der Waals surface area contributed by atoms with Crippen LogP contribution in [-0.4, -0.2) is 166 Å². The van der Waals surface area contributed by atoms with E-state index in [9.17, 15) is 50.5 Å². The van der Waals surface area contributed by atoms with E-state index in [1.807, 2.05) is 0 Å². The molecule has 9 aliphatic rings. The molecule has 0 aromatic carbocycles. The third-order valence-electron chi connectivity index (χ3n) is 23.8. The topological polar surface area (TPSA) is 208 Å². The lowest BCUT2D eigenvalue weighted by Gasteiger charge is -2.34. The first-order valence-corrected chi connectivity index (χ1v) is 53.6. The van der Waals surface area contributed by atoms with Crippen molar-refractivity contribution in [1.82, 2.24) is 4.90 Å². The van der Waals surface area contributed by atoms with Crippen molar-refractivity contribution in [2.24, 2.45) is 90.7 Å². The molecule has 9 rings (SSSR count). The number of hydrogen-bond donors (Lipinski definition) is 0. The second kappa shape index (κ2) is 43.6. The fraction of sp³-hybridized carbons (Fsp3) is 1.00. The van der Waals surface area contributed by atoms with Crippen LogP contribution in [0.3, 0.4) is 0 Å². The fourth-order valence-corrected chi connectivity index (χ4v) is 28.2. The van der Waals surface area contributed by atoms with Crippen LogP contribution in [0.15, 0.2) is 0 Å². The van der Waals surface area contributed by atoms with E-state index < -0.39 is 82.5 Å². The van der Waals surface area contributed by atoms with Gasteiger partial charge in [-0.05, 0) is 221 Å². The van der Waals surface area contributed by atoms with Crippen LogP contribution < -0.4 is 0 Å². The molecule has 9 fully saturated rings. The molecular formula is C82H165NO12S8. The predicted octanol–water partition coefficient (Wildman–Crippen LogP) is 18.9. The van der Waals surface area contributed by atoms with E-state index in [4.69, 9.17) is 0 Å². The Hall–Kier alpha value is 0.360. The van der Waals surface area contributed by atoms with Crippen LogP contribution in [0.25, 0.3) is 0 Å². The minimum absolute atomic E-state index is 0.0971. The molecule has 8 unspecified atom stereocenters. The van der Waals surface area contributed by atoms with Gasteiger partial charge in [0.2, 0.25) is 0 Å². The maximum absolute atomic E-state index is 11.3. The molecule has 103 heavy (non-hydrogen) atoms. The lowest BCUT2D eigenvalue weighted by molar-refractivity contribution is 0.149. The molecule has 618 valence electrons. The van der Waals surface area contributed by atoms with Gasteiger partial charge >= 0.3 is 0 Å². The zero-order chi connectivity index (χ0) is 79.9. The first-order valence-electron chi connectivity index (χ1n) is 40.3. The summed E-state index contributed by atoms with van der Waals surface area (Å²) in [5.41, 5.74) is 2.79. The molecule has 0 spiro atoms. The van der Waals surface area contributed by atoms with Gasteiger partial charge in [-0.25, -0.2) is 33.7 Å². The Labute approximate surface area is 649 Å². The van der Waals surface area contributed by atoms with E-state index in [2.05, 4.69) is 192 Å². The maximum Gasteiger partial charge on any atom is 0.151 e. The minimum Gasteiger partial charge on any atom is -0.297 e. The van der Waals surface area contributed by atoms with Gasteiger partial charge in [0.15, 0.2) is 29.5 Å². The molecule has 8 heterocycles. The predicted molar refractivity (Wildman–Crippen MR) is 453 cm³/mol. The summed E-state index contributed by atoms with van der Waals surface area (Å²) in [5, 5.41) is 0. The van der Waals surface area contributed by atoms with Crippen molar-refractivity contribution in [2.75, 3.05) is 105 Å². The van der Waals surface area contributed by atoms with Crippen molar-refractivity contribution in [1.29, 1.82) is 0 Å². The Bertz CT molecular complexity index is 2970. The van der Waals surface area contributed by atoms with Gasteiger partial charge in [-0.3, -0.25) is 21.7 Å². The number of hydrogen-bond acceptors (Lipinski definition) is 13. The Balaban J connectivity index is 0.000000580. The molecule has 1 saturated carbocycles. The Kier molecular flexibility index (Phi) is 42.9. The molecule has 21 heteroatoms. The molecule has 8 atom stereocenters. The molecule has 0 bridgehead atoms. The maximum atomic E-state index is 11.3. The second-order valence-corrected chi connectivity index (χ2v) is 57.5. The highest BCUT2D eigenvalue weighted by atomic mass is 32.2. The summed E-state index contributed by atoms with van der Waals surface area (Å²) in [6.45, 7) is 61.6. The molecule has 0 aromatic heterocycles. The third kappa shape index (κ3) is 45.0. The average molecular weight is 1610 g/mol. The van der Waals surface area contributed by atoms with Gasteiger partial charge < -0.3 is 0 Å². The van der Waals surface area contributed by atoms with Crippen molar-refractivity contribution in [3.63, 3.8) is 0 Å². The van der Waals surface area contributed by atoms with E-state index in [1.54, 1.807) is 0 Å². The molecule has 0 radical (unpaired) electrons. The first kappa shape index (κ1) is 101. The summed E-state index contributed by atoms with van der Waals surface area (Å²) in [5.74, 6) is 15.8. The van der Waals surface area contributed by atoms with Crippen LogP contribution in [-0.2, 0) is 82.5 Å². The molecular weight excluding hydrogens is 1450 g/mol. The van der Waals surface area contributed by atoms with Gasteiger partial charge in [0, 0.05) is 101 Å². The smallest absolute Gasteiger partial charge is 0.151 e. The van der Waals surface area contributed by atoms with Crippen molar-refractivity contribution in [3.8, 4) is 0 Å². The number of rotatable bonds is 0. The molecule has 13 nitrogen and oxygen atoms in total. The summed E-state index contributed by atoms with van der Waals surface area (Å²) >= 11 is 0. The molecule has 0 N–H and O–H groups in total. The quantitative estimate of drug-likeness (QED) is 0.207. The summed E-state index contributed by atoms with van der Waals surface area (Å²) in [6.07, 6.45) is 23.6. The minimum atomic E-state index is -2.75. The lowest BCUT2D eigenvalue weighted by Crippen LogP contribution is -2.42. The van der Waals surface area contributed by atoms with E-state index in [1.165, 1.54) is 51.4 Å². The molecule has 1 aliphatic carbocycles. The molecule has 0 amide bonds. The van der Waals surface area contributed by atoms with Crippen molar-refractivity contribution in [2.45, 2.75) is 321 Å². The highest BCUT2D eigenvalue weighted by Gasteiger charge is 2.38. The summed E-state index contributed by atoms with van der Waals surface area (Å²) in [7, 11) is -12.8. The van der Waals surface area contributed by atoms with Gasteiger partial charge in [-0.15, -0.1) is 0 Å². The van der Waals surface area contributed by atoms with Crippen LogP contribution in [0.5, 0.6) is 0 Å². The molecule has 0 aromatic rings. The molecule has 8 aliphatic heterocycles. The summed E-state index contributed by atoms with van der Waals surface area (Å²) < 4.78 is 134. The number of sulfone groups is 4. The highest BCUT2D eigenvalue weighted by molar-refractivity contribution is 7.92. The van der Waals surface area contributed by atoms with E-state index in [0.717, 1.165) is 147 Å². The van der Waals surface area contributed by atoms with Crippen molar-refractivity contribution >= 4 is 82.5 Å². The zero-order valence-electron chi connectivity index (χ0n) is 71.6. The largest absolute Gasteiger partial charge is 0.297 e. The lowest BCUT2D eigenvalue weighted by atomic mass is 9.76.